The second kappa shape index (κ2) is 5.11. The zero-order chi connectivity index (χ0) is 8.81. The van der Waals surface area contributed by atoms with Crippen molar-refractivity contribution in [2.24, 2.45) is 0 Å². The smallest absolute Gasteiger partial charge is 0.249 e. The molecule has 0 aromatic carbocycles. The minimum Gasteiger partial charge on any atom is -0.275 e. The van der Waals surface area contributed by atoms with E-state index in [1.807, 2.05) is 11.9 Å². The summed E-state index contributed by atoms with van der Waals surface area (Å²) in [7, 11) is 0. The first kappa shape index (κ1) is 9.48. The molecule has 0 atom stereocenters. The molecule has 0 N–H and O–H groups in total. The summed E-state index contributed by atoms with van der Waals surface area (Å²) in [5, 5.41) is 3.26. The van der Waals surface area contributed by atoms with Gasteiger partial charge in [0.2, 0.25) is 6.41 Å². The van der Waals surface area contributed by atoms with E-state index in [0.29, 0.717) is 6.61 Å². The van der Waals surface area contributed by atoms with Crippen LogP contribution in [0, 0.1) is 0 Å². The highest BCUT2D eigenvalue weighted by molar-refractivity contribution is 5.44. The van der Waals surface area contributed by atoms with E-state index in [9.17, 15) is 4.79 Å². The highest BCUT2D eigenvalue weighted by atomic mass is 16.7. The van der Waals surface area contributed by atoms with Crippen LogP contribution < -0.4 is 0 Å². The van der Waals surface area contributed by atoms with Gasteiger partial charge in [0.25, 0.3) is 0 Å². The van der Waals surface area contributed by atoms with Crippen LogP contribution in [0.1, 0.15) is 26.2 Å². The Balaban J connectivity index is 2.34. The molecule has 1 heterocycles. The summed E-state index contributed by atoms with van der Waals surface area (Å²) < 4.78 is 0. The van der Waals surface area contributed by atoms with Gasteiger partial charge in [-0.2, -0.15) is 5.01 Å². The Kier molecular flexibility index (Phi) is 4.04. The second-order valence-electron chi connectivity index (χ2n) is 2.84. The Morgan fingerprint density at radius 2 is 2.08 bits per heavy atom. The first-order chi connectivity index (χ1) is 5.88. The van der Waals surface area contributed by atoms with Crippen molar-refractivity contribution in [3.05, 3.63) is 0 Å². The molecule has 4 nitrogen and oxygen atoms in total. The van der Waals surface area contributed by atoms with Gasteiger partial charge in [0.15, 0.2) is 0 Å². The lowest BCUT2D eigenvalue weighted by atomic mass is 10.2. The maximum absolute atomic E-state index is 10.6. The summed E-state index contributed by atoms with van der Waals surface area (Å²) in [5.41, 5.74) is 0. The topological polar surface area (TPSA) is 32.8 Å². The molecule has 1 aliphatic heterocycles. The van der Waals surface area contributed by atoms with Crippen molar-refractivity contribution in [1.29, 1.82) is 0 Å². The Morgan fingerprint density at radius 1 is 1.42 bits per heavy atom. The molecule has 1 amide bonds. The van der Waals surface area contributed by atoms with Gasteiger partial charge in [0.05, 0.1) is 6.61 Å². The highest BCUT2D eigenvalue weighted by Gasteiger charge is 2.16. The molecule has 4 heteroatoms. The zero-order valence-corrected chi connectivity index (χ0v) is 7.53. The predicted molar refractivity (Wildman–Crippen MR) is 45.0 cm³/mol. The van der Waals surface area contributed by atoms with E-state index in [4.69, 9.17) is 4.84 Å². The fraction of sp³-hybridized carbons (Fsp3) is 0.875. The SMILES string of the molecule is CCON(C=O)N1CCCCC1. The van der Waals surface area contributed by atoms with Crippen LogP contribution in [0.5, 0.6) is 0 Å². The van der Waals surface area contributed by atoms with Crippen molar-refractivity contribution >= 4 is 6.41 Å². The first-order valence-corrected chi connectivity index (χ1v) is 4.50. The lowest BCUT2D eigenvalue weighted by Crippen LogP contribution is -2.44. The lowest BCUT2D eigenvalue weighted by molar-refractivity contribution is -0.259. The quantitative estimate of drug-likeness (QED) is 0.464. The van der Waals surface area contributed by atoms with Crippen molar-refractivity contribution in [2.45, 2.75) is 26.2 Å². The largest absolute Gasteiger partial charge is 0.275 e. The number of carbonyl (C=O) groups excluding carboxylic acids is 1. The fourth-order valence-electron chi connectivity index (χ4n) is 1.39. The Bertz CT molecular complexity index is 135. The van der Waals surface area contributed by atoms with E-state index in [0.717, 1.165) is 32.3 Å². The monoisotopic (exact) mass is 172 g/mol. The molecule has 0 aliphatic carbocycles. The molecule has 12 heavy (non-hydrogen) atoms. The number of hydroxylamine groups is 1. The summed E-state index contributed by atoms with van der Waals surface area (Å²) in [6.45, 7) is 4.27. The van der Waals surface area contributed by atoms with E-state index < -0.39 is 0 Å². The van der Waals surface area contributed by atoms with Crippen molar-refractivity contribution in [3.8, 4) is 0 Å². The Hall–Kier alpha value is -0.610. The number of piperidine rings is 1. The average molecular weight is 172 g/mol. The summed E-state index contributed by atoms with van der Waals surface area (Å²) in [5.74, 6) is 0. The van der Waals surface area contributed by atoms with Gasteiger partial charge < -0.3 is 0 Å². The summed E-state index contributed by atoms with van der Waals surface area (Å²) in [6.07, 6.45) is 4.29. The maximum atomic E-state index is 10.6. The van der Waals surface area contributed by atoms with Crippen LogP contribution in [0.3, 0.4) is 0 Å². The van der Waals surface area contributed by atoms with Crippen LogP contribution in [0.2, 0.25) is 0 Å². The number of carbonyl (C=O) groups is 1. The number of nitrogens with zero attached hydrogens (tertiary/aromatic N) is 2. The van der Waals surface area contributed by atoms with Gasteiger partial charge in [-0.25, -0.2) is 0 Å². The number of hydrogen-bond acceptors (Lipinski definition) is 3. The van der Waals surface area contributed by atoms with Crippen LogP contribution in [0.15, 0.2) is 0 Å². The molecule has 1 saturated heterocycles. The molecule has 0 unspecified atom stereocenters. The van der Waals surface area contributed by atoms with E-state index >= 15 is 0 Å². The minimum atomic E-state index is 0.537. The molecule has 0 saturated carbocycles. The molecule has 1 fully saturated rings. The molecule has 70 valence electrons. The maximum Gasteiger partial charge on any atom is 0.249 e. The number of hydrogen-bond donors (Lipinski definition) is 0. The second-order valence-corrected chi connectivity index (χ2v) is 2.84. The van der Waals surface area contributed by atoms with Crippen molar-refractivity contribution in [3.63, 3.8) is 0 Å². The third kappa shape index (κ3) is 2.46. The Morgan fingerprint density at radius 3 is 2.58 bits per heavy atom. The van der Waals surface area contributed by atoms with Crippen LogP contribution in [-0.4, -0.2) is 36.3 Å². The average Bonchev–Trinajstić information content (AvgIpc) is 2.15. The standard InChI is InChI=1S/C8H16N2O2/c1-2-12-10(8-11)9-6-4-3-5-7-9/h8H,2-7H2,1H3. The molecule has 0 spiro atoms. The van der Waals surface area contributed by atoms with E-state index in [2.05, 4.69) is 0 Å². The van der Waals surface area contributed by atoms with Gasteiger partial charge in [-0.3, -0.25) is 9.63 Å². The number of amides is 1. The normalized spacial score (nSPS) is 19.1. The number of hydrazine groups is 1. The molecular formula is C8H16N2O2. The molecular weight excluding hydrogens is 156 g/mol. The fourth-order valence-corrected chi connectivity index (χ4v) is 1.39. The highest BCUT2D eigenvalue weighted by Crippen LogP contribution is 2.10. The molecule has 0 aromatic rings. The molecule has 1 aliphatic rings. The third-order valence-electron chi connectivity index (χ3n) is 1.96. The summed E-state index contributed by atoms with van der Waals surface area (Å²) >= 11 is 0. The van der Waals surface area contributed by atoms with Crippen molar-refractivity contribution in [2.75, 3.05) is 19.7 Å². The minimum absolute atomic E-state index is 0.537. The molecule has 0 radical (unpaired) electrons. The van der Waals surface area contributed by atoms with Gasteiger partial charge in [0, 0.05) is 13.1 Å². The predicted octanol–water partition coefficient (Wildman–Crippen LogP) is 0.797. The van der Waals surface area contributed by atoms with Crippen LogP contribution in [-0.2, 0) is 9.63 Å². The van der Waals surface area contributed by atoms with E-state index in [-0.39, 0.29) is 0 Å². The van der Waals surface area contributed by atoms with Crippen LogP contribution in [0.25, 0.3) is 0 Å². The zero-order valence-electron chi connectivity index (χ0n) is 7.53. The van der Waals surface area contributed by atoms with Crippen molar-refractivity contribution in [1.82, 2.24) is 10.2 Å². The van der Waals surface area contributed by atoms with Crippen LogP contribution >= 0.6 is 0 Å². The first-order valence-electron chi connectivity index (χ1n) is 4.50. The summed E-state index contributed by atoms with van der Waals surface area (Å²) in [6, 6.07) is 0. The van der Waals surface area contributed by atoms with Gasteiger partial charge in [-0.15, -0.1) is 5.17 Å². The van der Waals surface area contributed by atoms with E-state index in [1.54, 1.807) is 0 Å². The summed E-state index contributed by atoms with van der Waals surface area (Å²) in [4.78, 5) is 15.7. The molecule has 0 aromatic heterocycles. The Labute approximate surface area is 73.0 Å². The van der Waals surface area contributed by atoms with Crippen LogP contribution in [0.4, 0.5) is 0 Å². The van der Waals surface area contributed by atoms with Gasteiger partial charge in [0.1, 0.15) is 0 Å². The van der Waals surface area contributed by atoms with Gasteiger partial charge in [-0.05, 0) is 19.8 Å². The molecule has 0 bridgehead atoms. The number of rotatable bonds is 4. The molecule has 1 rings (SSSR count). The van der Waals surface area contributed by atoms with Crippen molar-refractivity contribution < 1.29 is 9.63 Å². The lowest BCUT2D eigenvalue weighted by Gasteiger charge is -2.32. The van der Waals surface area contributed by atoms with Gasteiger partial charge in [-0.1, -0.05) is 6.42 Å². The van der Waals surface area contributed by atoms with E-state index in [1.165, 1.54) is 11.6 Å². The third-order valence-corrected chi connectivity index (χ3v) is 1.96. The van der Waals surface area contributed by atoms with Gasteiger partial charge >= 0.3 is 0 Å².